The third-order valence-electron chi connectivity index (χ3n) is 2.83. The molecule has 0 unspecified atom stereocenters. The number of nitrogens with zero attached hydrogens (tertiary/aromatic N) is 1. The fourth-order valence-electron chi connectivity index (χ4n) is 1.87. The zero-order valence-electron chi connectivity index (χ0n) is 10.1. The summed E-state index contributed by atoms with van der Waals surface area (Å²) < 4.78 is 5.52. The van der Waals surface area contributed by atoms with Gasteiger partial charge in [-0.05, 0) is 30.3 Å². The number of anilines is 2. The van der Waals surface area contributed by atoms with Gasteiger partial charge in [0.1, 0.15) is 11.3 Å². The van der Waals surface area contributed by atoms with E-state index in [4.69, 9.17) is 10.2 Å². The Hall–Kier alpha value is -2.69. The fraction of sp³-hybridized carbons (Fsp3) is 0.0714. The summed E-state index contributed by atoms with van der Waals surface area (Å²) >= 11 is 0. The van der Waals surface area contributed by atoms with E-state index in [-0.39, 0.29) is 5.75 Å². The molecule has 0 aliphatic heterocycles. The first kappa shape index (κ1) is 11.4. The largest absolute Gasteiger partial charge is 0.508 e. The highest BCUT2D eigenvalue weighted by Crippen LogP contribution is 2.22. The summed E-state index contributed by atoms with van der Waals surface area (Å²) in [7, 11) is 0. The second-order valence-electron chi connectivity index (χ2n) is 4.23. The second-order valence-corrected chi connectivity index (χ2v) is 4.23. The number of nitrogen functional groups attached to an aromatic ring is 1. The number of oxazole rings is 1. The molecule has 3 aromatic rings. The summed E-state index contributed by atoms with van der Waals surface area (Å²) in [6.45, 7) is 0.393. The lowest BCUT2D eigenvalue weighted by molar-refractivity contribution is 0.469. The molecule has 1 heterocycles. The molecule has 96 valence electrons. The zero-order valence-corrected chi connectivity index (χ0v) is 10.1. The molecule has 0 atom stereocenters. The van der Waals surface area contributed by atoms with Gasteiger partial charge in [-0.15, -0.1) is 0 Å². The lowest BCUT2D eigenvalue weighted by Crippen LogP contribution is -2.00. The molecule has 0 spiro atoms. The van der Waals surface area contributed by atoms with Gasteiger partial charge in [0, 0.05) is 17.8 Å². The van der Waals surface area contributed by atoms with Crippen LogP contribution in [-0.4, -0.2) is 10.1 Å². The predicted molar refractivity (Wildman–Crippen MR) is 73.9 cm³/mol. The summed E-state index contributed by atoms with van der Waals surface area (Å²) in [4.78, 5) is 4.29. The van der Waals surface area contributed by atoms with E-state index in [1.165, 1.54) is 0 Å². The van der Waals surface area contributed by atoms with Crippen LogP contribution in [-0.2, 0) is 6.54 Å². The molecule has 0 aliphatic carbocycles. The molecule has 3 rings (SSSR count). The number of aromatic nitrogens is 1. The minimum atomic E-state index is 0.192. The van der Waals surface area contributed by atoms with Gasteiger partial charge in [0.15, 0.2) is 5.58 Å². The molecule has 0 radical (unpaired) electrons. The molecule has 0 saturated carbocycles. The number of para-hydroxylation sites is 2. The summed E-state index contributed by atoms with van der Waals surface area (Å²) in [5.41, 5.74) is 8.50. The van der Waals surface area contributed by atoms with Crippen LogP contribution in [0, 0.1) is 0 Å². The highest BCUT2D eigenvalue weighted by Gasteiger charge is 2.06. The summed E-state index contributed by atoms with van der Waals surface area (Å²) in [5.74, 6) is 0.192. The van der Waals surface area contributed by atoms with Crippen molar-refractivity contribution in [2.24, 2.45) is 0 Å². The number of nitrogens with two attached hydrogens (primary N) is 1. The van der Waals surface area contributed by atoms with Crippen molar-refractivity contribution >= 4 is 22.8 Å². The molecule has 0 bridgehead atoms. The molecular formula is C14H13N3O2. The Kier molecular flexibility index (Phi) is 2.72. The lowest BCUT2D eigenvalue weighted by atomic mass is 10.2. The van der Waals surface area contributed by atoms with Crippen LogP contribution in [0.4, 0.5) is 11.7 Å². The first-order chi connectivity index (χ1) is 9.22. The van der Waals surface area contributed by atoms with Gasteiger partial charge in [-0.3, -0.25) is 0 Å². The second kappa shape index (κ2) is 4.53. The van der Waals surface area contributed by atoms with Gasteiger partial charge in [-0.25, -0.2) is 0 Å². The van der Waals surface area contributed by atoms with E-state index in [9.17, 15) is 5.11 Å². The van der Waals surface area contributed by atoms with Crippen molar-refractivity contribution in [3.05, 3.63) is 48.0 Å². The van der Waals surface area contributed by atoms with E-state index in [1.54, 1.807) is 18.2 Å². The third-order valence-corrected chi connectivity index (χ3v) is 2.83. The molecule has 19 heavy (non-hydrogen) atoms. The quantitative estimate of drug-likeness (QED) is 0.495. The van der Waals surface area contributed by atoms with Crippen LogP contribution >= 0.6 is 0 Å². The normalized spacial score (nSPS) is 10.7. The Bertz CT molecular complexity index is 689. The van der Waals surface area contributed by atoms with E-state index < -0.39 is 0 Å². The monoisotopic (exact) mass is 255 g/mol. The van der Waals surface area contributed by atoms with Gasteiger partial charge in [-0.2, -0.15) is 4.98 Å². The van der Waals surface area contributed by atoms with Crippen LogP contribution < -0.4 is 11.1 Å². The molecule has 0 amide bonds. The maximum atomic E-state index is 9.71. The van der Waals surface area contributed by atoms with Gasteiger partial charge in [0.05, 0.1) is 0 Å². The standard InChI is InChI=1S/C14H13N3O2/c15-10-5-6-12(18)9(7-10)8-16-14-17-11-3-1-2-4-13(11)19-14/h1-7,18H,8,15H2,(H,16,17). The number of hydrogen-bond donors (Lipinski definition) is 3. The number of aromatic hydroxyl groups is 1. The number of benzene rings is 2. The maximum Gasteiger partial charge on any atom is 0.295 e. The fourth-order valence-corrected chi connectivity index (χ4v) is 1.87. The predicted octanol–water partition coefficient (Wildman–Crippen LogP) is 2.73. The van der Waals surface area contributed by atoms with Crippen molar-refractivity contribution in [2.75, 3.05) is 11.1 Å². The Morgan fingerprint density at radius 2 is 2.05 bits per heavy atom. The van der Waals surface area contributed by atoms with Crippen molar-refractivity contribution in [3.63, 3.8) is 0 Å². The van der Waals surface area contributed by atoms with Crippen LogP contribution in [0.25, 0.3) is 11.1 Å². The van der Waals surface area contributed by atoms with E-state index in [2.05, 4.69) is 10.3 Å². The first-order valence-corrected chi connectivity index (χ1v) is 5.89. The summed E-state index contributed by atoms with van der Waals surface area (Å²) in [6, 6.07) is 12.9. The maximum absolute atomic E-state index is 9.71. The average Bonchev–Trinajstić information content (AvgIpc) is 2.82. The van der Waals surface area contributed by atoms with Crippen LogP contribution in [0.15, 0.2) is 46.9 Å². The van der Waals surface area contributed by atoms with Crippen molar-refractivity contribution in [1.29, 1.82) is 0 Å². The molecule has 0 saturated heterocycles. The molecule has 4 N–H and O–H groups in total. The van der Waals surface area contributed by atoms with Crippen LogP contribution in [0.3, 0.4) is 0 Å². The van der Waals surface area contributed by atoms with Crippen LogP contribution in [0.2, 0.25) is 0 Å². The van der Waals surface area contributed by atoms with Gasteiger partial charge < -0.3 is 20.6 Å². The highest BCUT2D eigenvalue weighted by atomic mass is 16.4. The third kappa shape index (κ3) is 2.30. The highest BCUT2D eigenvalue weighted by molar-refractivity contribution is 5.74. The number of phenolic OH excluding ortho intramolecular Hbond substituents is 1. The van der Waals surface area contributed by atoms with Gasteiger partial charge in [0.2, 0.25) is 0 Å². The van der Waals surface area contributed by atoms with Gasteiger partial charge >= 0.3 is 0 Å². The summed E-state index contributed by atoms with van der Waals surface area (Å²) in [5, 5.41) is 12.7. The van der Waals surface area contributed by atoms with Crippen molar-refractivity contribution in [2.45, 2.75) is 6.54 Å². The van der Waals surface area contributed by atoms with Gasteiger partial charge in [0.25, 0.3) is 6.01 Å². The smallest absolute Gasteiger partial charge is 0.295 e. The van der Waals surface area contributed by atoms with Crippen molar-refractivity contribution in [3.8, 4) is 5.75 Å². The average molecular weight is 255 g/mol. The Balaban J connectivity index is 1.80. The van der Waals surface area contributed by atoms with E-state index >= 15 is 0 Å². The molecule has 1 aromatic heterocycles. The lowest BCUT2D eigenvalue weighted by Gasteiger charge is -2.05. The number of rotatable bonds is 3. The Labute approximate surface area is 109 Å². The topological polar surface area (TPSA) is 84.3 Å². The number of fused-ring (bicyclic) bond motifs is 1. The van der Waals surface area contributed by atoms with Gasteiger partial charge in [-0.1, -0.05) is 12.1 Å². The van der Waals surface area contributed by atoms with Crippen LogP contribution in [0.1, 0.15) is 5.56 Å². The summed E-state index contributed by atoms with van der Waals surface area (Å²) in [6.07, 6.45) is 0. The van der Waals surface area contributed by atoms with E-state index in [1.807, 2.05) is 24.3 Å². The zero-order chi connectivity index (χ0) is 13.2. The molecule has 0 aliphatic rings. The Morgan fingerprint density at radius 1 is 1.21 bits per heavy atom. The van der Waals surface area contributed by atoms with Crippen molar-refractivity contribution in [1.82, 2.24) is 4.98 Å². The molecule has 2 aromatic carbocycles. The minimum absolute atomic E-state index is 0.192. The van der Waals surface area contributed by atoms with Crippen LogP contribution in [0.5, 0.6) is 5.75 Å². The minimum Gasteiger partial charge on any atom is -0.508 e. The van der Waals surface area contributed by atoms with E-state index in [0.29, 0.717) is 23.8 Å². The number of nitrogens with one attached hydrogen (secondary N) is 1. The number of hydrogen-bond acceptors (Lipinski definition) is 5. The molecule has 5 heteroatoms. The van der Waals surface area contributed by atoms with E-state index in [0.717, 1.165) is 11.1 Å². The first-order valence-electron chi connectivity index (χ1n) is 5.89. The number of phenols is 1. The molecule has 0 fully saturated rings. The molecular weight excluding hydrogens is 242 g/mol. The Morgan fingerprint density at radius 3 is 2.89 bits per heavy atom. The SMILES string of the molecule is Nc1ccc(O)c(CNc2nc3ccccc3o2)c1. The van der Waals surface area contributed by atoms with Crippen molar-refractivity contribution < 1.29 is 9.52 Å². The molecule has 5 nitrogen and oxygen atoms in total.